The molecule has 64 valence electrons. The van der Waals surface area contributed by atoms with Crippen LogP contribution in [0.4, 0.5) is 0 Å². The van der Waals surface area contributed by atoms with Gasteiger partial charge in [0.05, 0.1) is 6.61 Å². The van der Waals surface area contributed by atoms with Gasteiger partial charge in [-0.1, -0.05) is 23.3 Å². The molecule has 0 amide bonds. The van der Waals surface area contributed by atoms with Crippen LogP contribution in [0.1, 0.15) is 33.6 Å². The second-order valence-corrected chi connectivity index (χ2v) is 2.88. The summed E-state index contributed by atoms with van der Waals surface area (Å²) in [5, 5.41) is 8.67. The molecule has 0 spiro atoms. The fraction of sp³-hybridized carbons (Fsp3) is 0.600. The van der Waals surface area contributed by atoms with E-state index in [1.165, 1.54) is 5.57 Å². The molecular weight excluding hydrogens is 136 g/mol. The predicted molar refractivity (Wildman–Crippen MR) is 49.5 cm³/mol. The van der Waals surface area contributed by atoms with E-state index in [-0.39, 0.29) is 6.61 Å². The summed E-state index contributed by atoms with van der Waals surface area (Å²) in [6.45, 7) is 6.32. The van der Waals surface area contributed by atoms with E-state index in [1.54, 1.807) is 0 Å². The zero-order valence-electron chi connectivity index (χ0n) is 7.72. The van der Waals surface area contributed by atoms with E-state index in [9.17, 15) is 0 Å². The van der Waals surface area contributed by atoms with Crippen molar-refractivity contribution in [3.05, 3.63) is 23.3 Å². The summed E-state index contributed by atoms with van der Waals surface area (Å²) in [5.41, 5.74) is 2.47. The van der Waals surface area contributed by atoms with Crippen molar-refractivity contribution >= 4 is 0 Å². The van der Waals surface area contributed by atoms with Crippen LogP contribution in [-0.4, -0.2) is 11.7 Å². The number of rotatable bonds is 4. The van der Waals surface area contributed by atoms with E-state index in [0.717, 1.165) is 18.4 Å². The van der Waals surface area contributed by atoms with Gasteiger partial charge in [0.15, 0.2) is 0 Å². The van der Waals surface area contributed by atoms with Crippen molar-refractivity contribution in [2.45, 2.75) is 33.6 Å². The standard InChI is InChI=1S/C10H18O/c1-4-9(2)6-5-7-10(3)8-11/h4,7,11H,5-6,8H2,1-3H3. The lowest BCUT2D eigenvalue weighted by Crippen LogP contribution is -1.83. The maximum Gasteiger partial charge on any atom is 0.0639 e. The molecule has 0 aliphatic carbocycles. The summed E-state index contributed by atoms with van der Waals surface area (Å²) in [5.74, 6) is 0. The summed E-state index contributed by atoms with van der Waals surface area (Å²) < 4.78 is 0. The number of hydrogen-bond acceptors (Lipinski definition) is 1. The first-order chi connectivity index (χ1) is 5.20. The van der Waals surface area contributed by atoms with E-state index < -0.39 is 0 Å². The highest BCUT2D eigenvalue weighted by atomic mass is 16.3. The zero-order chi connectivity index (χ0) is 8.69. The lowest BCUT2D eigenvalue weighted by atomic mass is 10.1. The van der Waals surface area contributed by atoms with E-state index >= 15 is 0 Å². The summed E-state index contributed by atoms with van der Waals surface area (Å²) in [6.07, 6.45) is 6.37. The average molecular weight is 154 g/mol. The highest BCUT2D eigenvalue weighted by Gasteiger charge is 1.87. The molecule has 0 aliphatic heterocycles. The van der Waals surface area contributed by atoms with Crippen molar-refractivity contribution in [2.24, 2.45) is 0 Å². The first-order valence-corrected chi connectivity index (χ1v) is 4.09. The Bertz CT molecular complexity index is 154. The molecule has 0 aromatic rings. The van der Waals surface area contributed by atoms with Crippen molar-refractivity contribution in [2.75, 3.05) is 6.61 Å². The molecule has 0 radical (unpaired) electrons. The summed E-state index contributed by atoms with van der Waals surface area (Å²) in [6, 6.07) is 0. The van der Waals surface area contributed by atoms with Gasteiger partial charge in [-0.05, 0) is 33.6 Å². The predicted octanol–water partition coefficient (Wildman–Crippen LogP) is 2.67. The molecule has 0 fully saturated rings. The Balaban J connectivity index is 3.56. The van der Waals surface area contributed by atoms with Crippen molar-refractivity contribution in [1.29, 1.82) is 0 Å². The molecule has 0 aromatic heterocycles. The second-order valence-electron chi connectivity index (χ2n) is 2.88. The molecule has 0 aliphatic rings. The van der Waals surface area contributed by atoms with E-state index in [2.05, 4.69) is 26.0 Å². The lowest BCUT2D eigenvalue weighted by Gasteiger charge is -1.97. The monoisotopic (exact) mass is 154 g/mol. The van der Waals surface area contributed by atoms with Gasteiger partial charge >= 0.3 is 0 Å². The van der Waals surface area contributed by atoms with Gasteiger partial charge in [-0.25, -0.2) is 0 Å². The minimum absolute atomic E-state index is 0.189. The highest BCUT2D eigenvalue weighted by Crippen LogP contribution is 2.05. The third-order valence-corrected chi connectivity index (χ3v) is 1.77. The third kappa shape index (κ3) is 5.86. The van der Waals surface area contributed by atoms with Gasteiger partial charge in [0.25, 0.3) is 0 Å². The molecule has 0 saturated carbocycles. The van der Waals surface area contributed by atoms with Crippen molar-refractivity contribution in [1.82, 2.24) is 0 Å². The molecule has 1 N–H and O–H groups in total. The lowest BCUT2D eigenvalue weighted by molar-refractivity contribution is 0.331. The Morgan fingerprint density at radius 3 is 2.36 bits per heavy atom. The molecule has 0 heterocycles. The van der Waals surface area contributed by atoms with Gasteiger partial charge in [0.1, 0.15) is 0 Å². The topological polar surface area (TPSA) is 20.2 Å². The van der Waals surface area contributed by atoms with Crippen LogP contribution < -0.4 is 0 Å². The molecular formula is C10H18O. The largest absolute Gasteiger partial charge is 0.392 e. The number of allylic oxidation sites excluding steroid dienone is 3. The zero-order valence-corrected chi connectivity index (χ0v) is 7.72. The molecule has 11 heavy (non-hydrogen) atoms. The number of aliphatic hydroxyl groups is 1. The maximum atomic E-state index is 8.67. The van der Waals surface area contributed by atoms with Crippen molar-refractivity contribution in [3.8, 4) is 0 Å². The smallest absolute Gasteiger partial charge is 0.0639 e. The van der Waals surface area contributed by atoms with Crippen LogP contribution in [0, 0.1) is 0 Å². The Hall–Kier alpha value is -0.560. The van der Waals surface area contributed by atoms with Gasteiger partial charge < -0.3 is 5.11 Å². The van der Waals surface area contributed by atoms with Crippen LogP contribution in [0.5, 0.6) is 0 Å². The Labute approximate surface area is 69.4 Å². The first kappa shape index (κ1) is 10.4. The number of hydrogen-bond donors (Lipinski definition) is 1. The molecule has 0 aromatic carbocycles. The van der Waals surface area contributed by atoms with Crippen molar-refractivity contribution < 1.29 is 5.11 Å². The van der Waals surface area contributed by atoms with E-state index in [4.69, 9.17) is 5.11 Å². The molecule has 1 nitrogen and oxygen atoms in total. The summed E-state index contributed by atoms with van der Waals surface area (Å²) in [7, 11) is 0. The fourth-order valence-corrected chi connectivity index (χ4v) is 0.755. The normalized spacial score (nSPS) is 13.8. The third-order valence-electron chi connectivity index (χ3n) is 1.77. The van der Waals surface area contributed by atoms with E-state index in [0.29, 0.717) is 0 Å². The minimum atomic E-state index is 0.189. The minimum Gasteiger partial charge on any atom is -0.392 e. The second kappa shape index (κ2) is 6.17. The molecule has 0 saturated heterocycles. The van der Waals surface area contributed by atoms with Crippen LogP contribution in [0.25, 0.3) is 0 Å². The van der Waals surface area contributed by atoms with Gasteiger partial charge in [-0.2, -0.15) is 0 Å². The fourth-order valence-electron chi connectivity index (χ4n) is 0.755. The van der Waals surface area contributed by atoms with Crippen LogP contribution in [-0.2, 0) is 0 Å². The molecule has 0 atom stereocenters. The molecule has 1 heteroatoms. The Kier molecular flexibility index (Phi) is 5.86. The van der Waals surface area contributed by atoms with E-state index in [1.807, 2.05) is 6.92 Å². The average Bonchev–Trinajstić information content (AvgIpc) is 2.04. The maximum absolute atomic E-state index is 8.67. The quantitative estimate of drug-likeness (QED) is 0.617. The van der Waals surface area contributed by atoms with Crippen molar-refractivity contribution in [3.63, 3.8) is 0 Å². The first-order valence-electron chi connectivity index (χ1n) is 4.09. The number of aliphatic hydroxyl groups excluding tert-OH is 1. The Morgan fingerprint density at radius 2 is 1.91 bits per heavy atom. The summed E-state index contributed by atoms with van der Waals surface area (Å²) >= 11 is 0. The van der Waals surface area contributed by atoms with Gasteiger partial charge in [-0.3, -0.25) is 0 Å². The van der Waals surface area contributed by atoms with Crippen LogP contribution in [0.2, 0.25) is 0 Å². The van der Waals surface area contributed by atoms with Crippen LogP contribution in [0.3, 0.4) is 0 Å². The van der Waals surface area contributed by atoms with Crippen LogP contribution in [0.15, 0.2) is 23.3 Å². The van der Waals surface area contributed by atoms with Crippen LogP contribution >= 0.6 is 0 Å². The molecule has 0 bridgehead atoms. The Morgan fingerprint density at radius 1 is 1.27 bits per heavy atom. The van der Waals surface area contributed by atoms with Gasteiger partial charge in [0.2, 0.25) is 0 Å². The summed E-state index contributed by atoms with van der Waals surface area (Å²) in [4.78, 5) is 0. The van der Waals surface area contributed by atoms with Gasteiger partial charge in [0, 0.05) is 0 Å². The SMILES string of the molecule is CC=C(C)CCC=C(C)CO. The van der Waals surface area contributed by atoms with Gasteiger partial charge in [-0.15, -0.1) is 0 Å². The molecule has 0 unspecified atom stereocenters. The highest BCUT2D eigenvalue weighted by molar-refractivity contribution is 5.02. The molecule has 0 rings (SSSR count).